The van der Waals surface area contributed by atoms with Gasteiger partial charge in [0.05, 0.1) is 18.8 Å². The molecule has 0 aliphatic heterocycles. The molecular formula is C16H25N5O. The van der Waals surface area contributed by atoms with Gasteiger partial charge in [-0.25, -0.2) is 4.98 Å². The molecule has 0 amide bonds. The summed E-state index contributed by atoms with van der Waals surface area (Å²) in [5.41, 5.74) is 3.30. The molecule has 6 nitrogen and oxygen atoms in total. The van der Waals surface area contributed by atoms with Crippen LogP contribution in [0, 0.1) is 6.92 Å². The minimum atomic E-state index is 0.627. The molecule has 2 aromatic heterocycles. The van der Waals surface area contributed by atoms with E-state index in [1.807, 2.05) is 12.3 Å². The summed E-state index contributed by atoms with van der Waals surface area (Å²) in [5, 5.41) is 6.54. The first-order chi connectivity index (χ1) is 10.7. The van der Waals surface area contributed by atoms with E-state index in [4.69, 9.17) is 4.74 Å². The van der Waals surface area contributed by atoms with Gasteiger partial charge in [-0.3, -0.25) is 4.99 Å². The molecule has 0 bridgehead atoms. The molecule has 0 unspecified atom stereocenters. The molecule has 0 spiro atoms. The number of guanidine groups is 1. The quantitative estimate of drug-likeness (QED) is 0.461. The van der Waals surface area contributed by atoms with E-state index >= 15 is 0 Å². The van der Waals surface area contributed by atoms with Gasteiger partial charge in [0, 0.05) is 39.0 Å². The Morgan fingerprint density at radius 3 is 3.00 bits per heavy atom. The van der Waals surface area contributed by atoms with Gasteiger partial charge in [-0.1, -0.05) is 6.07 Å². The number of aliphatic imine (C=N–C) groups is 1. The minimum Gasteiger partial charge on any atom is -0.383 e. The number of imidazole rings is 1. The Balaban J connectivity index is 1.90. The normalized spacial score (nSPS) is 11.9. The molecule has 6 heteroatoms. The smallest absolute Gasteiger partial charge is 0.191 e. The van der Waals surface area contributed by atoms with Crippen LogP contribution in [0.15, 0.2) is 29.5 Å². The van der Waals surface area contributed by atoms with E-state index in [9.17, 15) is 0 Å². The third-order valence-electron chi connectivity index (χ3n) is 3.31. The second-order valence-corrected chi connectivity index (χ2v) is 5.08. The summed E-state index contributed by atoms with van der Waals surface area (Å²) in [6, 6.07) is 4.12. The van der Waals surface area contributed by atoms with Gasteiger partial charge in [-0.05, 0) is 25.5 Å². The molecule has 2 aromatic rings. The standard InChI is InChI=1S/C16H25N5O/c1-4-17-16(19-9-11-22-3)18-8-7-14-12-21-10-5-6-13(2)15(21)20-14/h5-6,10,12H,4,7-9,11H2,1-3H3,(H2,17,18,19). The number of hydrogen-bond donors (Lipinski definition) is 2. The number of rotatable bonds is 7. The Hall–Kier alpha value is -2.08. The lowest BCUT2D eigenvalue weighted by molar-refractivity contribution is 0.208. The van der Waals surface area contributed by atoms with Crippen molar-refractivity contribution in [2.24, 2.45) is 4.99 Å². The van der Waals surface area contributed by atoms with Gasteiger partial charge in [-0.15, -0.1) is 0 Å². The van der Waals surface area contributed by atoms with Gasteiger partial charge < -0.3 is 19.8 Å². The van der Waals surface area contributed by atoms with Crippen LogP contribution >= 0.6 is 0 Å². The average Bonchev–Trinajstić information content (AvgIpc) is 2.92. The van der Waals surface area contributed by atoms with Crippen molar-refractivity contribution in [3.05, 3.63) is 35.8 Å². The van der Waals surface area contributed by atoms with Crippen molar-refractivity contribution in [1.82, 2.24) is 20.0 Å². The second kappa shape index (κ2) is 8.38. The van der Waals surface area contributed by atoms with Crippen molar-refractivity contribution in [3.63, 3.8) is 0 Å². The van der Waals surface area contributed by atoms with Crippen molar-refractivity contribution in [2.45, 2.75) is 20.3 Å². The first-order valence-corrected chi connectivity index (χ1v) is 7.69. The molecule has 0 aliphatic rings. The highest BCUT2D eigenvalue weighted by Gasteiger charge is 2.04. The van der Waals surface area contributed by atoms with Crippen LogP contribution in [0.1, 0.15) is 18.2 Å². The Kier molecular flexibility index (Phi) is 6.21. The summed E-state index contributed by atoms with van der Waals surface area (Å²) in [6.45, 7) is 7.05. The van der Waals surface area contributed by atoms with Crippen molar-refractivity contribution in [3.8, 4) is 0 Å². The number of pyridine rings is 1. The number of aryl methyl sites for hydroxylation is 1. The number of nitrogens with zero attached hydrogens (tertiary/aromatic N) is 3. The topological polar surface area (TPSA) is 63.0 Å². The molecule has 0 radical (unpaired) electrons. The predicted molar refractivity (Wildman–Crippen MR) is 89.5 cm³/mol. The Labute approximate surface area is 131 Å². The lowest BCUT2D eigenvalue weighted by Gasteiger charge is -2.10. The largest absolute Gasteiger partial charge is 0.383 e. The molecule has 0 aromatic carbocycles. The molecule has 0 aliphatic carbocycles. The number of fused-ring (bicyclic) bond motifs is 1. The zero-order valence-corrected chi connectivity index (χ0v) is 13.6. The molecule has 22 heavy (non-hydrogen) atoms. The van der Waals surface area contributed by atoms with Gasteiger partial charge in [0.2, 0.25) is 0 Å². The summed E-state index contributed by atoms with van der Waals surface area (Å²) < 4.78 is 7.09. The molecule has 0 saturated carbocycles. The van der Waals surface area contributed by atoms with Gasteiger partial charge in [-0.2, -0.15) is 0 Å². The number of nitrogens with one attached hydrogen (secondary N) is 2. The highest BCUT2D eigenvalue weighted by molar-refractivity contribution is 5.79. The van der Waals surface area contributed by atoms with E-state index in [2.05, 4.69) is 51.1 Å². The van der Waals surface area contributed by atoms with Gasteiger partial charge >= 0.3 is 0 Å². The van der Waals surface area contributed by atoms with Gasteiger partial charge in [0.1, 0.15) is 5.65 Å². The maximum Gasteiger partial charge on any atom is 0.191 e. The molecule has 120 valence electrons. The Bertz CT molecular complexity index is 620. The second-order valence-electron chi connectivity index (χ2n) is 5.08. The number of ether oxygens (including phenoxy) is 1. The predicted octanol–water partition coefficient (Wildman–Crippen LogP) is 1.39. The fraction of sp³-hybridized carbons (Fsp3) is 0.500. The van der Waals surface area contributed by atoms with Crippen LogP contribution in [0.25, 0.3) is 5.65 Å². The highest BCUT2D eigenvalue weighted by Crippen LogP contribution is 2.09. The summed E-state index contributed by atoms with van der Waals surface area (Å²) in [7, 11) is 1.68. The molecular weight excluding hydrogens is 278 g/mol. The zero-order chi connectivity index (χ0) is 15.8. The van der Waals surface area contributed by atoms with Crippen molar-refractivity contribution >= 4 is 11.6 Å². The number of methoxy groups -OCH3 is 1. The highest BCUT2D eigenvalue weighted by atomic mass is 16.5. The molecule has 0 saturated heterocycles. The number of hydrogen-bond acceptors (Lipinski definition) is 3. The van der Waals surface area contributed by atoms with E-state index in [1.54, 1.807) is 7.11 Å². The molecule has 2 rings (SSSR count). The first-order valence-electron chi connectivity index (χ1n) is 7.69. The van der Waals surface area contributed by atoms with E-state index in [0.717, 1.165) is 36.8 Å². The van der Waals surface area contributed by atoms with Crippen LogP contribution in [0.2, 0.25) is 0 Å². The fourth-order valence-corrected chi connectivity index (χ4v) is 2.22. The van der Waals surface area contributed by atoms with Crippen molar-refractivity contribution < 1.29 is 4.74 Å². The van der Waals surface area contributed by atoms with Crippen LogP contribution in [-0.4, -0.2) is 48.7 Å². The summed E-state index contributed by atoms with van der Waals surface area (Å²) >= 11 is 0. The summed E-state index contributed by atoms with van der Waals surface area (Å²) in [5.74, 6) is 0.819. The van der Waals surface area contributed by atoms with E-state index in [-0.39, 0.29) is 0 Å². The zero-order valence-electron chi connectivity index (χ0n) is 13.6. The van der Waals surface area contributed by atoms with Crippen molar-refractivity contribution in [1.29, 1.82) is 0 Å². The Morgan fingerprint density at radius 2 is 2.27 bits per heavy atom. The third-order valence-corrected chi connectivity index (χ3v) is 3.31. The van der Waals surface area contributed by atoms with Crippen LogP contribution in [0.5, 0.6) is 0 Å². The molecule has 2 N–H and O–H groups in total. The van der Waals surface area contributed by atoms with E-state index < -0.39 is 0 Å². The van der Waals surface area contributed by atoms with Crippen LogP contribution in [0.4, 0.5) is 0 Å². The maximum atomic E-state index is 5.01. The van der Waals surface area contributed by atoms with Crippen LogP contribution in [0.3, 0.4) is 0 Å². The van der Waals surface area contributed by atoms with Crippen LogP contribution < -0.4 is 10.6 Å². The number of aromatic nitrogens is 2. The van der Waals surface area contributed by atoms with E-state index in [1.165, 1.54) is 5.56 Å². The molecule has 0 atom stereocenters. The van der Waals surface area contributed by atoms with Crippen LogP contribution in [-0.2, 0) is 11.2 Å². The molecule has 2 heterocycles. The molecule has 0 fully saturated rings. The summed E-state index contributed by atoms with van der Waals surface area (Å²) in [4.78, 5) is 9.11. The summed E-state index contributed by atoms with van der Waals surface area (Å²) in [6.07, 6.45) is 4.97. The maximum absolute atomic E-state index is 5.01. The van der Waals surface area contributed by atoms with Gasteiger partial charge in [0.25, 0.3) is 0 Å². The Morgan fingerprint density at radius 1 is 1.41 bits per heavy atom. The fourth-order valence-electron chi connectivity index (χ4n) is 2.22. The lowest BCUT2D eigenvalue weighted by Crippen LogP contribution is -2.38. The van der Waals surface area contributed by atoms with Gasteiger partial charge in [0.15, 0.2) is 5.96 Å². The lowest BCUT2D eigenvalue weighted by atomic mass is 10.3. The van der Waals surface area contributed by atoms with Crippen molar-refractivity contribution in [2.75, 3.05) is 33.4 Å². The SMILES string of the molecule is CCNC(=NCCOC)NCCc1cn2cccc(C)c2n1. The first kappa shape index (κ1) is 16.3. The minimum absolute atomic E-state index is 0.627. The third kappa shape index (κ3) is 4.46. The average molecular weight is 303 g/mol. The van der Waals surface area contributed by atoms with E-state index in [0.29, 0.717) is 13.2 Å². The monoisotopic (exact) mass is 303 g/mol.